The molecule has 0 spiro atoms. The first-order valence-electron chi connectivity index (χ1n) is 9.98. The molecule has 0 aromatic heterocycles. The summed E-state index contributed by atoms with van der Waals surface area (Å²) in [4.78, 5) is 0. The van der Waals surface area contributed by atoms with Crippen molar-refractivity contribution in [3.8, 4) is 0 Å². The summed E-state index contributed by atoms with van der Waals surface area (Å²) in [7, 11) is 28.3. The molecule has 0 aromatic rings. The van der Waals surface area contributed by atoms with Crippen molar-refractivity contribution in [2.45, 2.75) is 26.3 Å². The second-order valence-electron chi connectivity index (χ2n) is 9.90. The molecule has 0 saturated carbocycles. The quantitative estimate of drug-likeness (QED) is 0.466. The molecule has 0 aliphatic rings. The summed E-state index contributed by atoms with van der Waals surface area (Å²) in [6, 6.07) is 0. The van der Waals surface area contributed by atoms with Crippen LogP contribution in [0.1, 0.15) is 20.8 Å². The van der Waals surface area contributed by atoms with Gasteiger partial charge in [0.2, 0.25) is 0 Å². The molecule has 0 unspecified atom stereocenters. The Kier molecular flexibility index (Phi) is 10.0. The average Bonchev–Trinajstić information content (AvgIpc) is 2.46. The molecule has 0 rings (SSSR count). The van der Waals surface area contributed by atoms with Crippen molar-refractivity contribution in [3.63, 3.8) is 0 Å². The van der Waals surface area contributed by atoms with Gasteiger partial charge >= 0.3 is 184 Å². The van der Waals surface area contributed by atoms with Crippen molar-refractivity contribution in [3.05, 3.63) is 0 Å². The van der Waals surface area contributed by atoms with E-state index in [1.54, 1.807) is 0 Å². The van der Waals surface area contributed by atoms with Crippen LogP contribution in [-0.4, -0.2) is 137 Å². The fourth-order valence-electron chi connectivity index (χ4n) is 5.04. The molecule has 8 nitrogen and oxygen atoms in total. The zero-order valence-electron chi connectivity index (χ0n) is 22.4. The standard InChI is InChI=1S/C18H51N8P3/c1-18(2,3)19-28(22(8)9,23(10)11)29(24(12)13,25(14)15,26(16)17)27(20(4)5)21(6)7/h1-17H3. The third-order valence-electron chi connectivity index (χ3n) is 5.17. The molecule has 0 atom stereocenters. The van der Waals surface area contributed by atoms with Gasteiger partial charge in [0, 0.05) is 0 Å². The topological polar surface area (TPSA) is 35.0 Å². The van der Waals surface area contributed by atoms with E-state index in [9.17, 15) is 0 Å². The van der Waals surface area contributed by atoms with Gasteiger partial charge in [-0.2, -0.15) is 0 Å². The van der Waals surface area contributed by atoms with Crippen LogP contribution in [0.2, 0.25) is 0 Å². The van der Waals surface area contributed by atoms with Gasteiger partial charge in [0.25, 0.3) is 0 Å². The summed E-state index contributed by atoms with van der Waals surface area (Å²) in [6.45, 7) is 6.69. The van der Waals surface area contributed by atoms with E-state index in [1.807, 2.05) is 0 Å². The third-order valence-corrected chi connectivity index (χ3v) is 34.9. The van der Waals surface area contributed by atoms with Crippen LogP contribution in [0.15, 0.2) is 4.74 Å². The van der Waals surface area contributed by atoms with Crippen LogP contribution >= 0.6 is 21.4 Å². The van der Waals surface area contributed by atoms with Crippen molar-refractivity contribution < 1.29 is 0 Å². The molecule has 0 fully saturated rings. The maximum atomic E-state index is 5.79. The van der Waals surface area contributed by atoms with Gasteiger partial charge in [-0.15, -0.1) is 0 Å². The maximum absolute atomic E-state index is 5.79. The monoisotopic (exact) mass is 472 g/mol. The van der Waals surface area contributed by atoms with E-state index < -0.39 is 21.4 Å². The number of hydrogen-bond acceptors (Lipinski definition) is 6. The summed E-state index contributed by atoms with van der Waals surface area (Å²) in [5.74, 6) is 0. The first-order chi connectivity index (χ1) is 12.8. The summed E-state index contributed by atoms with van der Waals surface area (Å²) in [5, 5.41) is 0. The van der Waals surface area contributed by atoms with Crippen LogP contribution in [0.3, 0.4) is 0 Å². The molecule has 0 saturated heterocycles. The summed E-state index contributed by atoms with van der Waals surface area (Å²) < 4.78 is 23.2. The molecule has 0 heterocycles. The van der Waals surface area contributed by atoms with Gasteiger partial charge in [-0.1, -0.05) is 0 Å². The number of rotatable bonds is 9. The molecule has 0 bridgehead atoms. The summed E-state index contributed by atoms with van der Waals surface area (Å²) in [5.41, 5.74) is -0.187. The average molecular weight is 473 g/mol. The van der Waals surface area contributed by atoms with E-state index in [0.717, 1.165) is 0 Å². The van der Waals surface area contributed by atoms with Crippen molar-refractivity contribution in [1.29, 1.82) is 0 Å². The Morgan fingerprint density at radius 2 is 0.862 bits per heavy atom. The van der Waals surface area contributed by atoms with Crippen molar-refractivity contribution in [2.24, 2.45) is 4.74 Å². The van der Waals surface area contributed by atoms with Crippen molar-refractivity contribution in [2.75, 3.05) is 98.7 Å². The minimum atomic E-state index is -3.17. The van der Waals surface area contributed by atoms with Gasteiger partial charge in [-0.25, -0.2) is 0 Å². The minimum absolute atomic E-state index is 0.187. The second-order valence-corrected chi connectivity index (χ2v) is 27.1. The third kappa shape index (κ3) is 4.13. The SMILES string of the molecule is CN(C)P(N(C)C)P(N(C)C)(N(C)C)(N(C)C)P(=NC(C)(C)C)(N(C)C)N(C)C. The van der Waals surface area contributed by atoms with Crippen molar-refractivity contribution in [1.82, 2.24) is 32.7 Å². The fourth-order valence-corrected chi connectivity index (χ4v) is 40.0. The van der Waals surface area contributed by atoms with Crippen LogP contribution in [0, 0.1) is 0 Å². The van der Waals surface area contributed by atoms with Gasteiger partial charge < -0.3 is 0 Å². The molecule has 0 radical (unpaired) electrons. The second kappa shape index (κ2) is 9.75. The van der Waals surface area contributed by atoms with Crippen LogP contribution in [0.25, 0.3) is 0 Å². The van der Waals surface area contributed by atoms with Gasteiger partial charge in [0.05, 0.1) is 0 Å². The molecule has 178 valence electrons. The first-order valence-corrected chi connectivity index (χ1v) is 16.4. The molecule has 0 aromatic carbocycles. The number of nitrogens with zero attached hydrogens (tertiary/aromatic N) is 8. The summed E-state index contributed by atoms with van der Waals surface area (Å²) >= 11 is 0. The van der Waals surface area contributed by atoms with E-state index in [4.69, 9.17) is 4.74 Å². The molecular formula is C18H51N8P3. The molecule has 0 aliphatic carbocycles. The number of hydrogen-bond donors (Lipinski definition) is 0. The van der Waals surface area contributed by atoms with Crippen LogP contribution < -0.4 is 0 Å². The Morgan fingerprint density at radius 1 is 0.586 bits per heavy atom. The molecule has 0 aliphatic heterocycles. The summed E-state index contributed by atoms with van der Waals surface area (Å²) in [6.07, 6.45) is -3.17. The molecule has 0 amide bonds. The Bertz CT molecular complexity index is 550. The zero-order chi connectivity index (χ0) is 23.8. The predicted molar refractivity (Wildman–Crippen MR) is 139 cm³/mol. The van der Waals surface area contributed by atoms with Gasteiger partial charge in [-0.05, 0) is 0 Å². The Balaban J connectivity index is 8.49. The van der Waals surface area contributed by atoms with Crippen LogP contribution in [-0.2, 0) is 0 Å². The van der Waals surface area contributed by atoms with Crippen LogP contribution in [0.4, 0.5) is 0 Å². The van der Waals surface area contributed by atoms with E-state index in [-0.39, 0.29) is 5.54 Å². The van der Waals surface area contributed by atoms with E-state index in [2.05, 4.69) is 152 Å². The van der Waals surface area contributed by atoms with E-state index in [1.165, 1.54) is 0 Å². The Hall–Kier alpha value is 0.810. The van der Waals surface area contributed by atoms with E-state index in [0.29, 0.717) is 0 Å². The molecule has 29 heavy (non-hydrogen) atoms. The van der Waals surface area contributed by atoms with Gasteiger partial charge in [0.1, 0.15) is 0 Å². The predicted octanol–water partition coefficient (Wildman–Crippen LogP) is 4.19. The van der Waals surface area contributed by atoms with Gasteiger partial charge in [-0.3, -0.25) is 0 Å². The molecule has 11 heteroatoms. The Labute approximate surface area is 184 Å². The molecule has 0 N–H and O–H groups in total. The van der Waals surface area contributed by atoms with Gasteiger partial charge in [0.15, 0.2) is 0 Å². The zero-order valence-corrected chi connectivity index (χ0v) is 25.1. The van der Waals surface area contributed by atoms with E-state index >= 15 is 0 Å². The van der Waals surface area contributed by atoms with Crippen molar-refractivity contribution >= 4 is 21.4 Å². The Morgan fingerprint density at radius 3 is 1.00 bits per heavy atom. The molecular weight excluding hydrogens is 421 g/mol. The first kappa shape index (κ1) is 29.8. The van der Waals surface area contributed by atoms with Crippen LogP contribution in [0.5, 0.6) is 0 Å². The fraction of sp³-hybridized carbons (Fsp3) is 1.00. The normalized spacial score (nSPS) is 16.2.